The highest BCUT2D eigenvalue weighted by Crippen LogP contribution is 2.24. The number of ether oxygens (including phenoxy) is 2. The Hall–Kier alpha value is -2.32. The molecule has 0 spiro atoms. The largest absolute Gasteiger partial charge is 0.497 e. The second kappa shape index (κ2) is 9.25. The average Bonchev–Trinajstić information content (AvgIpc) is 3.16. The van der Waals surface area contributed by atoms with Crippen LogP contribution in [0.5, 0.6) is 11.5 Å². The van der Waals surface area contributed by atoms with Gasteiger partial charge in [0.15, 0.2) is 0 Å². The third kappa shape index (κ3) is 4.94. The summed E-state index contributed by atoms with van der Waals surface area (Å²) in [5.74, 6) is 1.01. The molecule has 2 heterocycles. The minimum atomic E-state index is -0.0942. The van der Waals surface area contributed by atoms with Gasteiger partial charge in [0.05, 0.1) is 18.0 Å². The van der Waals surface area contributed by atoms with Gasteiger partial charge in [-0.15, -0.1) is 11.3 Å². The Labute approximate surface area is 176 Å². The van der Waals surface area contributed by atoms with Crippen LogP contribution in [0, 0.1) is 0 Å². The van der Waals surface area contributed by atoms with Gasteiger partial charge in [0.25, 0.3) is 5.91 Å². The summed E-state index contributed by atoms with van der Waals surface area (Å²) >= 11 is 4.98. The molecule has 6 nitrogen and oxygen atoms in total. The van der Waals surface area contributed by atoms with E-state index in [1.54, 1.807) is 59.6 Å². The Kier molecular flexibility index (Phi) is 6.74. The maximum atomic E-state index is 12.8. The normalized spacial score (nSPS) is 14.4. The number of rotatable bonds is 5. The smallest absolute Gasteiger partial charge is 0.254 e. The Bertz CT molecular complexity index is 866. The van der Waals surface area contributed by atoms with Crippen molar-refractivity contribution in [2.75, 3.05) is 40.4 Å². The Morgan fingerprint density at radius 3 is 2.14 bits per heavy atom. The topological polar surface area (TPSA) is 59.1 Å². The fraction of sp³-hybridized carbons (Fsp3) is 0.300. The van der Waals surface area contributed by atoms with Crippen molar-refractivity contribution in [3.8, 4) is 11.5 Å². The number of hydrogen-bond donors (Lipinski definition) is 0. The summed E-state index contributed by atoms with van der Waals surface area (Å²) in [5.41, 5.74) is 0.513. The zero-order valence-electron chi connectivity index (χ0n) is 15.7. The second-order valence-electron chi connectivity index (χ2n) is 6.19. The first-order chi connectivity index (χ1) is 13.5. The summed E-state index contributed by atoms with van der Waals surface area (Å²) in [6.07, 6.45) is 3.40. The summed E-state index contributed by atoms with van der Waals surface area (Å²) in [7, 11) is 3.10. The van der Waals surface area contributed by atoms with Gasteiger partial charge in [-0.05, 0) is 46.3 Å². The molecule has 1 saturated heterocycles. The molecule has 2 aromatic rings. The Morgan fingerprint density at radius 1 is 1.00 bits per heavy atom. The predicted molar refractivity (Wildman–Crippen MR) is 113 cm³/mol. The van der Waals surface area contributed by atoms with Gasteiger partial charge in [0.2, 0.25) is 5.91 Å². The molecule has 0 aliphatic carbocycles. The zero-order valence-corrected chi connectivity index (χ0v) is 18.1. The molecule has 1 aliphatic heterocycles. The van der Waals surface area contributed by atoms with Crippen molar-refractivity contribution < 1.29 is 19.1 Å². The van der Waals surface area contributed by atoms with E-state index in [0.29, 0.717) is 43.2 Å². The average molecular weight is 465 g/mol. The number of methoxy groups -OCH3 is 2. The maximum Gasteiger partial charge on any atom is 0.254 e. The fourth-order valence-corrected chi connectivity index (χ4v) is 4.25. The highest BCUT2D eigenvalue weighted by atomic mass is 79.9. The van der Waals surface area contributed by atoms with E-state index in [1.165, 1.54) is 0 Å². The van der Waals surface area contributed by atoms with Crippen molar-refractivity contribution in [3.05, 3.63) is 50.6 Å². The molecule has 148 valence electrons. The maximum absolute atomic E-state index is 12.8. The third-order valence-corrected chi connectivity index (χ3v) is 6.05. The van der Waals surface area contributed by atoms with Crippen LogP contribution in [0.2, 0.25) is 0 Å². The molecule has 1 fully saturated rings. The number of piperazine rings is 1. The van der Waals surface area contributed by atoms with Crippen LogP contribution in [0.1, 0.15) is 15.2 Å². The molecule has 1 aromatic heterocycles. The summed E-state index contributed by atoms with van der Waals surface area (Å²) in [6, 6.07) is 9.03. The van der Waals surface area contributed by atoms with E-state index in [9.17, 15) is 9.59 Å². The van der Waals surface area contributed by atoms with Crippen molar-refractivity contribution in [3.63, 3.8) is 0 Å². The number of nitrogens with zero attached hydrogens (tertiary/aromatic N) is 2. The molecule has 0 bridgehead atoms. The lowest BCUT2D eigenvalue weighted by Crippen LogP contribution is -2.50. The molecule has 1 aliphatic rings. The number of carbonyl (C=O) groups is 2. The van der Waals surface area contributed by atoms with Crippen molar-refractivity contribution in [2.45, 2.75) is 0 Å². The van der Waals surface area contributed by atoms with Crippen LogP contribution in [0.3, 0.4) is 0 Å². The van der Waals surface area contributed by atoms with Crippen LogP contribution in [-0.2, 0) is 4.79 Å². The molecule has 0 radical (unpaired) electrons. The molecule has 0 saturated carbocycles. The molecule has 2 amide bonds. The molecular weight excluding hydrogens is 444 g/mol. The molecule has 3 rings (SSSR count). The van der Waals surface area contributed by atoms with Crippen molar-refractivity contribution in [1.29, 1.82) is 0 Å². The van der Waals surface area contributed by atoms with Crippen LogP contribution >= 0.6 is 27.3 Å². The van der Waals surface area contributed by atoms with Crippen LogP contribution < -0.4 is 9.47 Å². The van der Waals surface area contributed by atoms with Crippen molar-refractivity contribution in [1.82, 2.24) is 9.80 Å². The van der Waals surface area contributed by atoms with E-state index < -0.39 is 0 Å². The van der Waals surface area contributed by atoms with E-state index in [-0.39, 0.29) is 11.8 Å². The molecule has 0 atom stereocenters. The third-order valence-electron chi connectivity index (χ3n) is 4.46. The number of halogens is 1. The number of hydrogen-bond acceptors (Lipinski definition) is 5. The number of carbonyl (C=O) groups excluding carboxylic acids is 2. The first-order valence-corrected chi connectivity index (χ1v) is 10.4. The van der Waals surface area contributed by atoms with E-state index in [4.69, 9.17) is 9.47 Å². The van der Waals surface area contributed by atoms with E-state index in [1.807, 2.05) is 18.2 Å². The monoisotopic (exact) mass is 464 g/mol. The Morgan fingerprint density at radius 2 is 1.61 bits per heavy atom. The summed E-state index contributed by atoms with van der Waals surface area (Å²) in [6.45, 7) is 1.99. The van der Waals surface area contributed by atoms with Gasteiger partial charge in [0, 0.05) is 48.8 Å². The molecule has 0 unspecified atom stereocenters. The summed E-state index contributed by atoms with van der Waals surface area (Å²) in [5, 5.41) is 0. The lowest BCUT2D eigenvalue weighted by Gasteiger charge is -2.34. The van der Waals surface area contributed by atoms with E-state index in [2.05, 4.69) is 15.9 Å². The Balaban J connectivity index is 1.59. The predicted octanol–water partition coefficient (Wildman–Crippen LogP) is 3.53. The highest BCUT2D eigenvalue weighted by molar-refractivity contribution is 9.11. The quantitative estimate of drug-likeness (QED) is 0.635. The van der Waals surface area contributed by atoms with Gasteiger partial charge in [-0.2, -0.15) is 0 Å². The second-order valence-corrected chi connectivity index (χ2v) is 8.69. The first kappa shape index (κ1) is 20.4. The van der Waals surface area contributed by atoms with Crippen LogP contribution in [0.4, 0.5) is 0 Å². The minimum absolute atomic E-state index is 0.0420. The summed E-state index contributed by atoms with van der Waals surface area (Å²) in [4.78, 5) is 29.7. The van der Waals surface area contributed by atoms with Gasteiger partial charge in [-0.3, -0.25) is 9.59 Å². The standard InChI is InChI=1S/C20H21BrN2O4S/c1-26-15-11-14(12-16(13-15)27-2)20(25)23-9-7-22(8-10-23)19(24)6-4-17-3-5-18(21)28-17/h3-6,11-13H,7-10H2,1-2H3/b6-4+. The molecule has 1 aromatic carbocycles. The summed E-state index contributed by atoms with van der Waals surface area (Å²) < 4.78 is 11.5. The van der Waals surface area contributed by atoms with Crippen LogP contribution in [0.15, 0.2) is 40.2 Å². The number of thiophene rings is 1. The van der Waals surface area contributed by atoms with Crippen LogP contribution in [0.25, 0.3) is 6.08 Å². The zero-order chi connectivity index (χ0) is 20.1. The van der Waals surface area contributed by atoms with E-state index in [0.717, 1.165) is 8.66 Å². The minimum Gasteiger partial charge on any atom is -0.497 e. The van der Waals surface area contributed by atoms with Crippen molar-refractivity contribution >= 4 is 45.2 Å². The fourth-order valence-electron chi connectivity index (χ4n) is 2.92. The molecule has 8 heteroatoms. The van der Waals surface area contributed by atoms with Gasteiger partial charge in [-0.25, -0.2) is 0 Å². The highest BCUT2D eigenvalue weighted by Gasteiger charge is 2.24. The van der Waals surface area contributed by atoms with Crippen LogP contribution in [-0.4, -0.2) is 62.0 Å². The van der Waals surface area contributed by atoms with Gasteiger partial charge < -0.3 is 19.3 Å². The SMILES string of the molecule is COc1cc(OC)cc(C(=O)N2CCN(C(=O)/C=C/c3ccc(Br)s3)CC2)c1. The van der Waals surface area contributed by atoms with E-state index >= 15 is 0 Å². The lowest BCUT2D eigenvalue weighted by atomic mass is 10.1. The molecular formula is C20H21BrN2O4S. The number of amides is 2. The lowest BCUT2D eigenvalue weighted by molar-refractivity contribution is -0.127. The molecule has 0 N–H and O–H groups in total. The van der Waals surface area contributed by atoms with Gasteiger partial charge >= 0.3 is 0 Å². The first-order valence-electron chi connectivity index (χ1n) is 8.75. The number of benzene rings is 1. The molecule has 28 heavy (non-hydrogen) atoms. The van der Waals surface area contributed by atoms with Gasteiger partial charge in [0.1, 0.15) is 11.5 Å². The van der Waals surface area contributed by atoms with Crippen molar-refractivity contribution in [2.24, 2.45) is 0 Å². The van der Waals surface area contributed by atoms with Gasteiger partial charge in [-0.1, -0.05) is 0 Å².